The largest absolute Gasteiger partial charge is 0.278 e. The quantitative estimate of drug-likeness (QED) is 0.682. The average molecular weight is 181 g/mol. The predicted molar refractivity (Wildman–Crippen MR) is 46.3 cm³/mol. The lowest BCUT2D eigenvalue weighted by molar-refractivity contribution is 0.108. The Morgan fingerprint density at radius 1 is 1.50 bits per heavy atom. The lowest BCUT2D eigenvalue weighted by Gasteiger charge is -1.92. The van der Waals surface area contributed by atoms with Crippen molar-refractivity contribution in [3.05, 3.63) is 30.0 Å². The summed E-state index contributed by atoms with van der Waals surface area (Å²) in [4.78, 5) is 10.7. The van der Waals surface area contributed by atoms with E-state index in [-0.39, 0.29) is 0 Å². The summed E-state index contributed by atoms with van der Waals surface area (Å²) < 4.78 is 0. The van der Waals surface area contributed by atoms with Gasteiger partial charge in [0.25, 0.3) is 5.24 Å². The zero-order valence-corrected chi connectivity index (χ0v) is 6.80. The summed E-state index contributed by atoms with van der Waals surface area (Å²) in [7, 11) is 0. The second-order valence-corrected chi connectivity index (χ2v) is 2.79. The van der Waals surface area contributed by atoms with E-state index < -0.39 is 5.24 Å². The number of rotatable bonds is 1. The van der Waals surface area contributed by atoms with Gasteiger partial charge in [0, 0.05) is 10.9 Å². The highest BCUT2D eigenvalue weighted by Crippen LogP contribution is 2.13. The SMILES string of the molecule is O=C(Cl)c1ccc2cn[nH]c2c1. The van der Waals surface area contributed by atoms with Crippen LogP contribution in [-0.4, -0.2) is 15.4 Å². The van der Waals surface area contributed by atoms with Crippen LogP contribution < -0.4 is 0 Å². The highest BCUT2D eigenvalue weighted by atomic mass is 35.5. The number of nitrogens with one attached hydrogen (secondary N) is 1. The zero-order chi connectivity index (χ0) is 8.55. The summed E-state index contributed by atoms with van der Waals surface area (Å²) in [5, 5.41) is 7.09. The van der Waals surface area contributed by atoms with E-state index in [2.05, 4.69) is 10.2 Å². The molecule has 1 N–H and O–H groups in total. The number of benzene rings is 1. The topological polar surface area (TPSA) is 45.8 Å². The number of halogens is 1. The molecule has 3 nitrogen and oxygen atoms in total. The Labute approximate surface area is 73.3 Å². The third-order valence-corrected chi connectivity index (χ3v) is 1.89. The Kier molecular flexibility index (Phi) is 1.59. The van der Waals surface area contributed by atoms with E-state index in [4.69, 9.17) is 11.6 Å². The number of hydrogen-bond acceptors (Lipinski definition) is 2. The van der Waals surface area contributed by atoms with Gasteiger partial charge in [0.05, 0.1) is 11.7 Å². The Morgan fingerprint density at radius 3 is 3.08 bits per heavy atom. The summed E-state index contributed by atoms with van der Waals surface area (Å²) in [5.74, 6) is 0. The molecule has 0 radical (unpaired) electrons. The first-order chi connectivity index (χ1) is 5.77. The molecule has 60 valence electrons. The number of fused-ring (bicyclic) bond motifs is 1. The van der Waals surface area contributed by atoms with Gasteiger partial charge in [-0.2, -0.15) is 5.10 Å². The molecule has 0 aliphatic rings. The summed E-state index contributed by atoms with van der Waals surface area (Å²) in [6.45, 7) is 0. The lowest BCUT2D eigenvalue weighted by Crippen LogP contribution is -1.86. The van der Waals surface area contributed by atoms with Gasteiger partial charge in [0.1, 0.15) is 0 Å². The molecule has 2 rings (SSSR count). The van der Waals surface area contributed by atoms with Crippen LogP contribution in [0.5, 0.6) is 0 Å². The molecule has 4 heteroatoms. The molecule has 1 aromatic carbocycles. The van der Waals surface area contributed by atoms with Crippen LogP contribution in [0.15, 0.2) is 24.4 Å². The van der Waals surface area contributed by atoms with Crippen LogP contribution in [0, 0.1) is 0 Å². The number of nitrogens with zero attached hydrogens (tertiary/aromatic N) is 1. The van der Waals surface area contributed by atoms with Gasteiger partial charge < -0.3 is 0 Å². The minimum atomic E-state index is -0.452. The molecular formula is C8H5ClN2O. The van der Waals surface area contributed by atoms with Crippen LogP contribution in [0.2, 0.25) is 0 Å². The van der Waals surface area contributed by atoms with Gasteiger partial charge in [-0.25, -0.2) is 0 Å². The molecule has 1 aromatic heterocycles. The van der Waals surface area contributed by atoms with Crippen LogP contribution in [-0.2, 0) is 0 Å². The van der Waals surface area contributed by atoms with Gasteiger partial charge in [-0.3, -0.25) is 9.89 Å². The number of H-pyrrole nitrogens is 1. The maximum atomic E-state index is 10.7. The molecule has 0 unspecified atom stereocenters. The van der Waals surface area contributed by atoms with E-state index in [0.29, 0.717) is 5.56 Å². The van der Waals surface area contributed by atoms with Crippen molar-refractivity contribution in [2.75, 3.05) is 0 Å². The number of aromatic amines is 1. The van der Waals surface area contributed by atoms with Crippen molar-refractivity contribution in [1.82, 2.24) is 10.2 Å². The molecule has 2 aromatic rings. The van der Waals surface area contributed by atoms with Crippen LogP contribution >= 0.6 is 11.6 Å². The van der Waals surface area contributed by atoms with Crippen molar-refractivity contribution in [1.29, 1.82) is 0 Å². The van der Waals surface area contributed by atoms with E-state index >= 15 is 0 Å². The van der Waals surface area contributed by atoms with E-state index in [9.17, 15) is 4.79 Å². The molecule has 12 heavy (non-hydrogen) atoms. The third-order valence-electron chi connectivity index (χ3n) is 1.67. The van der Waals surface area contributed by atoms with Crippen molar-refractivity contribution in [3.8, 4) is 0 Å². The highest BCUT2D eigenvalue weighted by Gasteiger charge is 2.02. The van der Waals surface area contributed by atoms with E-state index in [1.807, 2.05) is 0 Å². The standard InChI is InChI=1S/C8H5ClN2O/c9-8(12)5-1-2-6-4-10-11-7(6)3-5/h1-4H,(H,10,11). The molecule has 0 saturated carbocycles. The molecule has 0 amide bonds. The second kappa shape index (κ2) is 2.60. The van der Waals surface area contributed by atoms with Crippen molar-refractivity contribution in [3.63, 3.8) is 0 Å². The summed E-state index contributed by atoms with van der Waals surface area (Å²) in [6.07, 6.45) is 1.69. The van der Waals surface area contributed by atoms with Crippen LogP contribution in [0.1, 0.15) is 10.4 Å². The summed E-state index contributed by atoms with van der Waals surface area (Å²) >= 11 is 5.30. The first-order valence-corrected chi connectivity index (χ1v) is 3.78. The fourth-order valence-corrected chi connectivity index (χ4v) is 1.18. The first-order valence-electron chi connectivity index (χ1n) is 3.40. The molecule has 0 aliphatic heterocycles. The monoisotopic (exact) mass is 180 g/mol. The fourth-order valence-electron chi connectivity index (χ4n) is 1.06. The molecule has 0 saturated heterocycles. The number of carbonyl (C=O) groups excluding carboxylic acids is 1. The maximum Gasteiger partial charge on any atom is 0.252 e. The normalized spacial score (nSPS) is 10.4. The van der Waals surface area contributed by atoms with Gasteiger partial charge in [0.2, 0.25) is 0 Å². The Balaban J connectivity index is 2.68. The number of hydrogen-bond donors (Lipinski definition) is 1. The number of carbonyl (C=O) groups is 1. The molecular weight excluding hydrogens is 176 g/mol. The lowest BCUT2D eigenvalue weighted by atomic mass is 10.2. The van der Waals surface area contributed by atoms with Gasteiger partial charge in [-0.15, -0.1) is 0 Å². The van der Waals surface area contributed by atoms with Gasteiger partial charge in [-0.05, 0) is 23.7 Å². The first kappa shape index (κ1) is 7.31. The second-order valence-electron chi connectivity index (χ2n) is 2.45. The average Bonchev–Trinajstić information content (AvgIpc) is 2.49. The van der Waals surface area contributed by atoms with E-state index in [0.717, 1.165) is 10.9 Å². The fraction of sp³-hybridized carbons (Fsp3) is 0. The molecule has 0 bridgehead atoms. The van der Waals surface area contributed by atoms with Gasteiger partial charge in [0.15, 0.2) is 0 Å². The molecule has 0 aliphatic carbocycles. The molecule has 0 spiro atoms. The zero-order valence-electron chi connectivity index (χ0n) is 6.04. The van der Waals surface area contributed by atoms with E-state index in [1.54, 1.807) is 24.4 Å². The van der Waals surface area contributed by atoms with Crippen molar-refractivity contribution in [2.24, 2.45) is 0 Å². The predicted octanol–water partition coefficient (Wildman–Crippen LogP) is 1.94. The Hall–Kier alpha value is -1.35. The summed E-state index contributed by atoms with van der Waals surface area (Å²) in [6, 6.07) is 5.15. The maximum absolute atomic E-state index is 10.7. The van der Waals surface area contributed by atoms with Crippen molar-refractivity contribution < 1.29 is 4.79 Å². The van der Waals surface area contributed by atoms with Gasteiger partial charge in [-0.1, -0.05) is 6.07 Å². The van der Waals surface area contributed by atoms with Crippen molar-refractivity contribution in [2.45, 2.75) is 0 Å². The highest BCUT2D eigenvalue weighted by molar-refractivity contribution is 6.67. The number of aromatic nitrogens is 2. The third kappa shape index (κ3) is 1.08. The minimum Gasteiger partial charge on any atom is -0.278 e. The van der Waals surface area contributed by atoms with Crippen LogP contribution in [0.4, 0.5) is 0 Å². The molecule has 0 fully saturated rings. The Morgan fingerprint density at radius 2 is 2.33 bits per heavy atom. The van der Waals surface area contributed by atoms with Crippen molar-refractivity contribution >= 4 is 27.7 Å². The molecule has 1 heterocycles. The summed E-state index contributed by atoms with van der Waals surface area (Å²) in [5.41, 5.74) is 1.30. The Bertz CT molecular complexity index is 435. The smallest absolute Gasteiger partial charge is 0.252 e. The minimum absolute atomic E-state index is 0.452. The van der Waals surface area contributed by atoms with Gasteiger partial charge >= 0.3 is 0 Å². The van der Waals surface area contributed by atoms with Crippen LogP contribution in [0.3, 0.4) is 0 Å². The van der Waals surface area contributed by atoms with E-state index in [1.165, 1.54) is 0 Å². The molecule has 0 atom stereocenters. The van der Waals surface area contributed by atoms with Crippen LogP contribution in [0.25, 0.3) is 10.9 Å².